The molecule has 0 fully saturated rings. The maximum Gasteiger partial charge on any atom is 0.307 e. The molecule has 0 bridgehead atoms. The van der Waals surface area contributed by atoms with E-state index in [1.807, 2.05) is 0 Å². The van der Waals surface area contributed by atoms with Crippen molar-refractivity contribution in [2.75, 3.05) is 19.0 Å². The molecule has 1 aromatic carbocycles. The fourth-order valence-corrected chi connectivity index (χ4v) is 1.13. The molecule has 0 saturated heterocycles. The van der Waals surface area contributed by atoms with Gasteiger partial charge in [-0.15, -0.1) is 0 Å². The molecular weight excluding hydrogens is 211 g/mol. The monoisotopic (exact) mass is 222 g/mol. The van der Waals surface area contributed by atoms with Crippen LogP contribution in [0.5, 0.6) is 0 Å². The van der Waals surface area contributed by atoms with E-state index >= 15 is 0 Å². The van der Waals surface area contributed by atoms with Gasteiger partial charge in [-0.3, -0.25) is 4.79 Å². The summed E-state index contributed by atoms with van der Waals surface area (Å²) >= 11 is 0. The molecule has 84 valence electrons. The minimum atomic E-state index is -0.555. The number of rotatable bonds is 4. The molecule has 1 aromatic rings. The molecule has 0 atom stereocenters. The lowest BCUT2D eigenvalue weighted by Crippen LogP contribution is -2.09. The zero-order valence-electron chi connectivity index (χ0n) is 8.79. The predicted molar refractivity (Wildman–Crippen MR) is 56.2 cm³/mol. The van der Waals surface area contributed by atoms with Gasteiger partial charge in [-0.1, -0.05) is 0 Å². The summed E-state index contributed by atoms with van der Waals surface area (Å²) in [7, 11) is 1.31. The standard InChI is InChI=1S/C11H11FN2O2/c1-16-11(15)4-5-14-9-2-3-10(12)8(6-9)7-13/h2-3,6,14H,4-5H2,1H3. The molecule has 4 nitrogen and oxygen atoms in total. The lowest BCUT2D eigenvalue weighted by Gasteiger charge is -2.05. The van der Waals surface area contributed by atoms with Gasteiger partial charge in [-0.25, -0.2) is 4.39 Å². The first kappa shape index (κ1) is 12.0. The van der Waals surface area contributed by atoms with Crippen molar-refractivity contribution in [3.05, 3.63) is 29.6 Å². The van der Waals surface area contributed by atoms with Gasteiger partial charge in [0.05, 0.1) is 19.1 Å². The van der Waals surface area contributed by atoms with Gasteiger partial charge in [0.1, 0.15) is 11.9 Å². The van der Waals surface area contributed by atoms with Gasteiger partial charge in [-0.2, -0.15) is 5.26 Å². The summed E-state index contributed by atoms with van der Waals surface area (Å²) in [6, 6.07) is 5.85. The molecule has 5 heteroatoms. The quantitative estimate of drug-likeness (QED) is 0.787. The summed E-state index contributed by atoms with van der Waals surface area (Å²) in [4.78, 5) is 10.8. The highest BCUT2D eigenvalue weighted by molar-refractivity contribution is 5.69. The Bertz CT molecular complexity index is 426. The Hall–Kier alpha value is -2.09. The molecule has 0 heterocycles. The second-order valence-corrected chi connectivity index (χ2v) is 3.06. The highest BCUT2D eigenvalue weighted by Gasteiger charge is 2.03. The van der Waals surface area contributed by atoms with Gasteiger partial charge in [0.2, 0.25) is 0 Å². The van der Waals surface area contributed by atoms with E-state index in [-0.39, 0.29) is 18.0 Å². The Morgan fingerprint density at radius 1 is 1.62 bits per heavy atom. The molecule has 0 amide bonds. The largest absolute Gasteiger partial charge is 0.469 e. The van der Waals surface area contributed by atoms with Crippen LogP contribution in [0.4, 0.5) is 10.1 Å². The summed E-state index contributed by atoms with van der Waals surface area (Å²) in [5.41, 5.74) is 0.574. The lowest BCUT2D eigenvalue weighted by atomic mass is 10.2. The van der Waals surface area contributed by atoms with Gasteiger partial charge in [-0.05, 0) is 18.2 Å². The first-order chi connectivity index (χ1) is 7.67. The van der Waals surface area contributed by atoms with E-state index in [4.69, 9.17) is 5.26 Å². The van der Waals surface area contributed by atoms with Crippen LogP contribution in [-0.2, 0) is 9.53 Å². The first-order valence-corrected chi connectivity index (χ1v) is 4.67. The van der Waals surface area contributed by atoms with Gasteiger partial charge in [0.15, 0.2) is 0 Å². The number of hydrogen-bond acceptors (Lipinski definition) is 4. The van der Waals surface area contributed by atoms with Crippen LogP contribution in [0.3, 0.4) is 0 Å². The number of anilines is 1. The number of methoxy groups -OCH3 is 1. The Morgan fingerprint density at radius 2 is 2.38 bits per heavy atom. The van der Waals surface area contributed by atoms with Crippen LogP contribution in [0, 0.1) is 17.1 Å². The van der Waals surface area contributed by atoms with Crippen molar-refractivity contribution in [1.82, 2.24) is 0 Å². The van der Waals surface area contributed by atoms with Gasteiger partial charge in [0, 0.05) is 12.2 Å². The summed E-state index contributed by atoms with van der Waals surface area (Å²) in [6.07, 6.45) is 0.218. The Labute approximate surface area is 92.6 Å². The van der Waals surface area contributed by atoms with E-state index in [0.717, 1.165) is 0 Å². The maximum atomic E-state index is 13.0. The number of nitriles is 1. The van der Waals surface area contributed by atoms with Crippen LogP contribution < -0.4 is 5.32 Å². The van der Waals surface area contributed by atoms with Crippen LogP contribution in [0.1, 0.15) is 12.0 Å². The zero-order valence-corrected chi connectivity index (χ0v) is 8.79. The van der Waals surface area contributed by atoms with Crippen LogP contribution in [0.25, 0.3) is 0 Å². The number of halogens is 1. The number of hydrogen-bond donors (Lipinski definition) is 1. The second kappa shape index (κ2) is 5.71. The average Bonchev–Trinajstić information content (AvgIpc) is 2.31. The Balaban J connectivity index is 2.55. The summed E-state index contributed by atoms with van der Waals surface area (Å²) < 4.78 is 17.4. The van der Waals surface area contributed by atoms with E-state index in [0.29, 0.717) is 12.2 Å². The minimum absolute atomic E-state index is 0.0249. The molecule has 0 radical (unpaired) electrons. The molecule has 0 aliphatic rings. The van der Waals surface area contributed by atoms with Crippen LogP contribution in [0.2, 0.25) is 0 Å². The highest BCUT2D eigenvalue weighted by atomic mass is 19.1. The minimum Gasteiger partial charge on any atom is -0.469 e. The zero-order chi connectivity index (χ0) is 12.0. The average molecular weight is 222 g/mol. The molecule has 1 rings (SSSR count). The number of carbonyl (C=O) groups is 1. The SMILES string of the molecule is COC(=O)CCNc1ccc(F)c(C#N)c1. The topological polar surface area (TPSA) is 62.1 Å². The van der Waals surface area contributed by atoms with Gasteiger partial charge in [0.25, 0.3) is 0 Å². The third-order valence-corrected chi connectivity index (χ3v) is 1.97. The number of esters is 1. The van der Waals surface area contributed by atoms with E-state index in [9.17, 15) is 9.18 Å². The van der Waals surface area contributed by atoms with E-state index < -0.39 is 5.82 Å². The molecule has 1 N–H and O–H groups in total. The number of benzene rings is 1. The molecule has 0 spiro atoms. The number of nitrogens with one attached hydrogen (secondary N) is 1. The van der Waals surface area contributed by atoms with Gasteiger partial charge >= 0.3 is 5.97 Å². The van der Waals surface area contributed by atoms with Crippen LogP contribution in [-0.4, -0.2) is 19.6 Å². The third kappa shape index (κ3) is 3.24. The first-order valence-electron chi connectivity index (χ1n) is 4.67. The third-order valence-electron chi connectivity index (χ3n) is 1.97. The maximum absolute atomic E-state index is 13.0. The van der Waals surface area contributed by atoms with Crippen LogP contribution in [0.15, 0.2) is 18.2 Å². The van der Waals surface area contributed by atoms with Crippen molar-refractivity contribution in [2.24, 2.45) is 0 Å². The second-order valence-electron chi connectivity index (χ2n) is 3.06. The number of carbonyl (C=O) groups excluding carboxylic acids is 1. The molecule has 16 heavy (non-hydrogen) atoms. The van der Waals surface area contributed by atoms with Crippen molar-refractivity contribution in [1.29, 1.82) is 5.26 Å². The fourth-order valence-electron chi connectivity index (χ4n) is 1.13. The summed E-state index contributed by atoms with van der Waals surface area (Å²) in [6.45, 7) is 0.378. The molecular formula is C11H11FN2O2. The van der Waals surface area contributed by atoms with Crippen molar-refractivity contribution < 1.29 is 13.9 Å². The smallest absolute Gasteiger partial charge is 0.307 e. The van der Waals surface area contributed by atoms with E-state index in [2.05, 4.69) is 10.1 Å². The van der Waals surface area contributed by atoms with Crippen molar-refractivity contribution in [3.8, 4) is 6.07 Å². The van der Waals surface area contributed by atoms with Crippen LogP contribution >= 0.6 is 0 Å². The van der Waals surface area contributed by atoms with E-state index in [1.54, 1.807) is 6.07 Å². The predicted octanol–water partition coefficient (Wildman–Crippen LogP) is 1.67. The number of ether oxygens (including phenoxy) is 1. The van der Waals surface area contributed by atoms with Crippen molar-refractivity contribution >= 4 is 11.7 Å². The molecule has 0 aliphatic carbocycles. The van der Waals surface area contributed by atoms with Gasteiger partial charge < -0.3 is 10.1 Å². The van der Waals surface area contributed by atoms with E-state index in [1.165, 1.54) is 25.3 Å². The van der Waals surface area contributed by atoms with Crippen molar-refractivity contribution in [3.63, 3.8) is 0 Å². The molecule has 0 unspecified atom stereocenters. The summed E-state index contributed by atoms with van der Waals surface area (Å²) in [5, 5.41) is 11.5. The Kier molecular flexibility index (Phi) is 4.28. The Morgan fingerprint density at radius 3 is 3.00 bits per heavy atom. The highest BCUT2D eigenvalue weighted by Crippen LogP contribution is 2.13. The number of nitrogens with zero attached hydrogens (tertiary/aromatic N) is 1. The molecule has 0 aliphatic heterocycles. The summed E-state index contributed by atoms with van der Waals surface area (Å²) in [5.74, 6) is -0.879. The fraction of sp³-hybridized carbons (Fsp3) is 0.273. The van der Waals surface area contributed by atoms with Crippen molar-refractivity contribution in [2.45, 2.75) is 6.42 Å². The lowest BCUT2D eigenvalue weighted by molar-refractivity contribution is -0.140. The molecule has 0 aromatic heterocycles. The molecule has 0 saturated carbocycles. The normalized spacial score (nSPS) is 9.31.